The minimum Gasteiger partial charge on any atom is -0.356 e. The van der Waals surface area contributed by atoms with Crippen molar-refractivity contribution in [3.05, 3.63) is 70.8 Å². The van der Waals surface area contributed by atoms with Crippen LogP contribution in [-0.2, 0) is 30.8 Å². The van der Waals surface area contributed by atoms with E-state index in [1.165, 1.54) is 22.3 Å². The van der Waals surface area contributed by atoms with Crippen LogP contribution in [0.3, 0.4) is 0 Å². The van der Waals surface area contributed by atoms with Crippen LogP contribution < -0.4 is 5.32 Å². The Hall–Kier alpha value is -2.82. The maximum Gasteiger partial charge on any atom is 0.222 e. The number of nitrogens with zero attached hydrogens (tertiary/aromatic N) is 3. The molecule has 0 atom stereocenters. The zero-order valence-electron chi connectivity index (χ0n) is 17.2. The molecular formula is C24H30N4O. The molecule has 0 unspecified atom stereocenters. The highest BCUT2D eigenvalue weighted by Crippen LogP contribution is 2.20. The summed E-state index contributed by atoms with van der Waals surface area (Å²) in [5, 5.41) is 3.46. The molecule has 0 bridgehead atoms. The van der Waals surface area contributed by atoms with E-state index in [0.29, 0.717) is 19.5 Å². The summed E-state index contributed by atoms with van der Waals surface area (Å²) in [6.07, 6.45) is 2.70. The zero-order chi connectivity index (χ0) is 20.1. The lowest BCUT2D eigenvalue weighted by molar-refractivity contribution is -0.128. The molecule has 2 aromatic rings. The van der Waals surface area contributed by atoms with Crippen LogP contribution in [-0.4, -0.2) is 41.3 Å². The summed E-state index contributed by atoms with van der Waals surface area (Å²) in [5.74, 6) is 1.23. The number of amides is 1. The van der Waals surface area contributed by atoms with Crippen LogP contribution in [0, 0.1) is 0 Å². The van der Waals surface area contributed by atoms with Gasteiger partial charge in [-0.1, -0.05) is 48.5 Å². The summed E-state index contributed by atoms with van der Waals surface area (Å²) in [6.45, 7) is 7.02. The first kappa shape index (κ1) is 19.5. The van der Waals surface area contributed by atoms with E-state index >= 15 is 0 Å². The summed E-state index contributed by atoms with van der Waals surface area (Å²) >= 11 is 0. The predicted molar refractivity (Wildman–Crippen MR) is 116 cm³/mol. The summed E-state index contributed by atoms with van der Waals surface area (Å²) < 4.78 is 0. The highest BCUT2D eigenvalue weighted by atomic mass is 16.2. The molecule has 1 fully saturated rings. The second-order valence-electron chi connectivity index (χ2n) is 7.80. The Morgan fingerprint density at radius 2 is 1.76 bits per heavy atom. The Kier molecular flexibility index (Phi) is 6.13. The fourth-order valence-electron chi connectivity index (χ4n) is 4.21. The minimum atomic E-state index is 0.267. The minimum absolute atomic E-state index is 0.267. The third-order valence-corrected chi connectivity index (χ3v) is 5.82. The quantitative estimate of drug-likeness (QED) is 0.629. The van der Waals surface area contributed by atoms with Gasteiger partial charge in [0.05, 0.1) is 6.54 Å². The van der Waals surface area contributed by atoms with Crippen molar-refractivity contribution in [2.75, 3.05) is 19.6 Å². The van der Waals surface area contributed by atoms with Crippen LogP contribution in [0.2, 0.25) is 0 Å². The van der Waals surface area contributed by atoms with E-state index in [1.807, 2.05) is 4.90 Å². The van der Waals surface area contributed by atoms with Gasteiger partial charge in [0.25, 0.3) is 0 Å². The van der Waals surface area contributed by atoms with Crippen molar-refractivity contribution in [1.82, 2.24) is 15.1 Å². The molecular weight excluding hydrogens is 360 g/mol. The van der Waals surface area contributed by atoms with Crippen molar-refractivity contribution in [2.24, 2.45) is 4.99 Å². The molecule has 0 aromatic heterocycles. The van der Waals surface area contributed by atoms with Gasteiger partial charge in [-0.25, -0.2) is 4.99 Å². The fraction of sp³-hybridized carbons (Fsp3) is 0.417. The third kappa shape index (κ3) is 4.61. The van der Waals surface area contributed by atoms with Crippen LogP contribution in [0.4, 0.5) is 0 Å². The number of carbonyl (C=O) groups is 1. The standard InChI is InChI=1S/C24H30N4O/c1-2-25-24(28-15-13-19-8-3-5-10-21(19)18-28)26-16-20-9-4-6-11-22(20)17-27-14-7-12-23(27)29/h3-6,8-11H,2,7,12-18H2,1H3,(H,25,26). The third-order valence-electron chi connectivity index (χ3n) is 5.82. The lowest BCUT2D eigenvalue weighted by Gasteiger charge is -2.31. The van der Waals surface area contributed by atoms with Crippen LogP contribution in [0.15, 0.2) is 53.5 Å². The van der Waals surface area contributed by atoms with Crippen LogP contribution in [0.1, 0.15) is 42.0 Å². The lowest BCUT2D eigenvalue weighted by Crippen LogP contribution is -2.44. The van der Waals surface area contributed by atoms with Crippen molar-refractivity contribution < 1.29 is 4.79 Å². The van der Waals surface area contributed by atoms with Crippen LogP contribution in [0.25, 0.3) is 0 Å². The van der Waals surface area contributed by atoms with Gasteiger partial charge in [0.2, 0.25) is 5.91 Å². The number of guanidine groups is 1. The van der Waals surface area contributed by atoms with Gasteiger partial charge in [-0.05, 0) is 42.0 Å². The Morgan fingerprint density at radius 3 is 2.52 bits per heavy atom. The number of hydrogen-bond donors (Lipinski definition) is 1. The highest BCUT2D eigenvalue weighted by molar-refractivity contribution is 5.80. The van der Waals surface area contributed by atoms with Crippen molar-refractivity contribution in [2.45, 2.75) is 45.8 Å². The second kappa shape index (κ2) is 9.12. The topological polar surface area (TPSA) is 47.9 Å². The maximum absolute atomic E-state index is 12.0. The number of nitrogens with one attached hydrogen (secondary N) is 1. The number of likely N-dealkylation sites (tertiary alicyclic amines) is 1. The molecule has 2 heterocycles. The molecule has 0 spiro atoms. The van der Waals surface area contributed by atoms with E-state index in [4.69, 9.17) is 4.99 Å². The van der Waals surface area contributed by atoms with Crippen molar-refractivity contribution >= 4 is 11.9 Å². The van der Waals surface area contributed by atoms with Gasteiger partial charge in [-0.3, -0.25) is 4.79 Å². The normalized spacial score (nSPS) is 16.9. The van der Waals surface area contributed by atoms with E-state index in [0.717, 1.165) is 45.0 Å². The molecule has 5 nitrogen and oxygen atoms in total. The second-order valence-corrected chi connectivity index (χ2v) is 7.80. The van der Waals surface area contributed by atoms with Gasteiger partial charge in [0.1, 0.15) is 0 Å². The number of fused-ring (bicyclic) bond motifs is 1. The largest absolute Gasteiger partial charge is 0.356 e. The SMILES string of the molecule is CCNC(=NCc1ccccc1CN1CCCC1=O)N1CCc2ccccc2C1. The molecule has 29 heavy (non-hydrogen) atoms. The number of rotatable bonds is 5. The van der Waals surface area contributed by atoms with Crippen molar-refractivity contribution in [3.8, 4) is 0 Å². The average molecular weight is 391 g/mol. The Morgan fingerprint density at radius 1 is 1.00 bits per heavy atom. The molecule has 152 valence electrons. The monoisotopic (exact) mass is 390 g/mol. The summed E-state index contributed by atoms with van der Waals surface area (Å²) in [5.41, 5.74) is 5.23. The first-order valence-electron chi connectivity index (χ1n) is 10.7. The first-order valence-corrected chi connectivity index (χ1v) is 10.7. The molecule has 1 amide bonds. The fourth-order valence-corrected chi connectivity index (χ4v) is 4.21. The average Bonchev–Trinajstić information content (AvgIpc) is 3.16. The van der Waals surface area contributed by atoms with E-state index in [2.05, 4.69) is 65.7 Å². The lowest BCUT2D eigenvalue weighted by atomic mass is 10.0. The van der Waals surface area contributed by atoms with E-state index < -0.39 is 0 Å². The molecule has 1 N–H and O–H groups in total. The van der Waals surface area contributed by atoms with Gasteiger partial charge in [-0.15, -0.1) is 0 Å². The van der Waals surface area contributed by atoms with Gasteiger partial charge < -0.3 is 15.1 Å². The smallest absolute Gasteiger partial charge is 0.222 e. The Balaban J connectivity index is 1.50. The Bertz CT molecular complexity index is 892. The molecule has 2 aliphatic rings. The predicted octanol–water partition coefficient (Wildman–Crippen LogP) is 3.33. The van der Waals surface area contributed by atoms with E-state index in [9.17, 15) is 4.79 Å². The molecule has 4 rings (SSSR count). The summed E-state index contributed by atoms with van der Waals surface area (Å²) in [7, 11) is 0. The molecule has 0 saturated carbocycles. The Labute approximate surface area is 173 Å². The van der Waals surface area contributed by atoms with Gasteiger partial charge >= 0.3 is 0 Å². The molecule has 1 saturated heterocycles. The molecule has 5 heteroatoms. The summed E-state index contributed by atoms with van der Waals surface area (Å²) in [4.78, 5) is 21.3. The van der Waals surface area contributed by atoms with Crippen LogP contribution >= 0.6 is 0 Å². The maximum atomic E-state index is 12.0. The zero-order valence-corrected chi connectivity index (χ0v) is 17.2. The summed E-state index contributed by atoms with van der Waals surface area (Å²) in [6, 6.07) is 17.0. The number of hydrogen-bond acceptors (Lipinski definition) is 2. The van der Waals surface area contributed by atoms with Crippen molar-refractivity contribution in [3.63, 3.8) is 0 Å². The highest BCUT2D eigenvalue weighted by Gasteiger charge is 2.21. The van der Waals surface area contributed by atoms with Crippen molar-refractivity contribution in [1.29, 1.82) is 0 Å². The molecule has 0 radical (unpaired) electrons. The molecule has 0 aliphatic carbocycles. The number of aliphatic imine (C=N–C) groups is 1. The van der Waals surface area contributed by atoms with E-state index in [1.54, 1.807) is 0 Å². The van der Waals surface area contributed by atoms with Gasteiger partial charge in [-0.2, -0.15) is 0 Å². The van der Waals surface area contributed by atoms with Gasteiger partial charge in [0, 0.05) is 39.1 Å². The van der Waals surface area contributed by atoms with Gasteiger partial charge in [0.15, 0.2) is 5.96 Å². The number of benzene rings is 2. The van der Waals surface area contributed by atoms with E-state index in [-0.39, 0.29) is 5.91 Å². The van der Waals surface area contributed by atoms with Crippen LogP contribution in [0.5, 0.6) is 0 Å². The molecule has 2 aromatic carbocycles. The first-order chi connectivity index (χ1) is 14.2. The molecule has 2 aliphatic heterocycles. The number of carbonyl (C=O) groups excluding carboxylic acids is 1.